The number of nitrogens with two attached hydrogens (primary N) is 1. The summed E-state index contributed by atoms with van der Waals surface area (Å²) in [4.78, 5) is 21.1. The van der Waals surface area contributed by atoms with Crippen LogP contribution in [0.2, 0.25) is 0 Å². The van der Waals surface area contributed by atoms with Crippen LogP contribution in [0, 0.1) is 0 Å². The predicted molar refractivity (Wildman–Crippen MR) is 50.7 cm³/mol. The van der Waals surface area contributed by atoms with Gasteiger partial charge in [-0.05, 0) is 0 Å². The zero-order chi connectivity index (χ0) is 12.0. The predicted octanol–water partition coefficient (Wildman–Crippen LogP) is -3.27. The molecule has 0 saturated heterocycles. The largest absolute Gasteiger partial charge is 0.389 e. The van der Waals surface area contributed by atoms with Gasteiger partial charge in [-0.15, -0.1) is 0 Å². The van der Waals surface area contributed by atoms with E-state index < -0.39 is 30.3 Å². The summed E-state index contributed by atoms with van der Waals surface area (Å²) in [5.41, 5.74) is 5.06. The van der Waals surface area contributed by atoms with Crippen molar-refractivity contribution in [3.8, 4) is 0 Å². The lowest BCUT2D eigenvalue weighted by atomic mass is 10.0. The van der Waals surface area contributed by atoms with E-state index in [2.05, 4.69) is 5.32 Å². The first-order valence-electron chi connectivity index (χ1n) is 4.40. The number of amides is 1. The Morgan fingerprint density at radius 3 is 2.27 bits per heavy atom. The fraction of sp³-hybridized carbons (Fsp3) is 0.750. The molecule has 0 aliphatic rings. The molecular weight excluding hydrogens is 204 g/mol. The summed E-state index contributed by atoms with van der Waals surface area (Å²) in [5, 5.41) is 30.0. The fourth-order valence-electron chi connectivity index (χ4n) is 1.01. The van der Waals surface area contributed by atoms with E-state index in [9.17, 15) is 19.8 Å². The summed E-state index contributed by atoms with van der Waals surface area (Å²) >= 11 is 0. The second-order valence-electron chi connectivity index (χ2n) is 3.15. The molecule has 0 aromatic rings. The summed E-state index contributed by atoms with van der Waals surface area (Å²) in [6.45, 7) is 0.902. The van der Waals surface area contributed by atoms with Gasteiger partial charge < -0.3 is 31.2 Å². The zero-order valence-corrected chi connectivity index (χ0v) is 8.33. The summed E-state index contributed by atoms with van der Waals surface area (Å²) in [6, 6.07) is -1.27. The van der Waals surface area contributed by atoms with Gasteiger partial charge >= 0.3 is 0 Å². The molecule has 0 radical (unpaired) electrons. The van der Waals surface area contributed by atoms with Crippen LogP contribution >= 0.6 is 0 Å². The van der Waals surface area contributed by atoms with Crippen LogP contribution < -0.4 is 11.1 Å². The van der Waals surface area contributed by atoms with Crippen LogP contribution in [0.3, 0.4) is 0 Å². The molecule has 1 amide bonds. The number of aldehydes is 1. The third-order valence-corrected chi connectivity index (χ3v) is 1.87. The normalized spacial score (nSPS) is 18.7. The first-order valence-corrected chi connectivity index (χ1v) is 4.40. The summed E-state index contributed by atoms with van der Waals surface area (Å²) < 4.78 is 0. The molecule has 7 nitrogen and oxygen atoms in total. The number of aliphatic hydroxyl groups is 3. The third-order valence-electron chi connectivity index (χ3n) is 1.87. The van der Waals surface area contributed by atoms with E-state index in [-0.39, 0.29) is 12.8 Å². The molecule has 0 saturated carbocycles. The Bertz CT molecular complexity index is 223. The Morgan fingerprint density at radius 1 is 1.40 bits per heavy atom. The average Bonchev–Trinajstić information content (AvgIpc) is 2.22. The molecule has 4 atom stereocenters. The van der Waals surface area contributed by atoms with Gasteiger partial charge in [-0.1, -0.05) is 0 Å². The molecule has 0 aromatic carbocycles. The minimum atomic E-state index is -1.59. The van der Waals surface area contributed by atoms with Gasteiger partial charge in [0.05, 0.1) is 6.10 Å². The Hall–Kier alpha value is -1.02. The van der Waals surface area contributed by atoms with E-state index in [1.807, 2.05) is 0 Å². The first-order chi connectivity index (χ1) is 6.93. The Balaban J connectivity index is 4.42. The van der Waals surface area contributed by atoms with Gasteiger partial charge in [-0.25, -0.2) is 0 Å². The molecule has 7 heteroatoms. The molecule has 0 aliphatic heterocycles. The van der Waals surface area contributed by atoms with Crippen molar-refractivity contribution in [3.05, 3.63) is 0 Å². The monoisotopic (exact) mass is 220 g/mol. The zero-order valence-electron chi connectivity index (χ0n) is 8.33. The maximum Gasteiger partial charge on any atom is 0.217 e. The van der Waals surface area contributed by atoms with Crippen LogP contribution in [0.4, 0.5) is 0 Å². The molecule has 0 aliphatic carbocycles. The fourth-order valence-corrected chi connectivity index (χ4v) is 1.01. The molecular formula is C8H16N2O5. The number of hydrogen-bond donors (Lipinski definition) is 5. The number of carbonyl (C=O) groups excluding carboxylic acids is 2. The SMILES string of the molecule is CC(=O)N[C@@H](C=O)[C@@H](O)[C@H](O)[C@H](O)CN. The molecule has 0 unspecified atom stereocenters. The summed E-state index contributed by atoms with van der Waals surface area (Å²) in [6.07, 6.45) is -4.25. The van der Waals surface area contributed by atoms with Gasteiger partial charge in [-0.2, -0.15) is 0 Å². The lowest BCUT2D eigenvalue weighted by Crippen LogP contribution is -2.53. The smallest absolute Gasteiger partial charge is 0.217 e. The van der Waals surface area contributed by atoms with Gasteiger partial charge in [0, 0.05) is 13.5 Å². The highest BCUT2D eigenvalue weighted by molar-refractivity contribution is 5.77. The lowest BCUT2D eigenvalue weighted by molar-refractivity contribution is -0.128. The van der Waals surface area contributed by atoms with Gasteiger partial charge in [-0.3, -0.25) is 4.79 Å². The minimum Gasteiger partial charge on any atom is -0.389 e. The Morgan fingerprint density at radius 2 is 1.93 bits per heavy atom. The van der Waals surface area contributed by atoms with Crippen molar-refractivity contribution in [2.45, 2.75) is 31.3 Å². The van der Waals surface area contributed by atoms with Crippen molar-refractivity contribution < 1.29 is 24.9 Å². The van der Waals surface area contributed by atoms with E-state index in [4.69, 9.17) is 10.8 Å². The van der Waals surface area contributed by atoms with Crippen LogP contribution in [0.1, 0.15) is 6.92 Å². The van der Waals surface area contributed by atoms with Crippen molar-refractivity contribution >= 4 is 12.2 Å². The van der Waals surface area contributed by atoms with Crippen molar-refractivity contribution in [2.24, 2.45) is 5.73 Å². The Kier molecular flexibility index (Phi) is 6.02. The highest BCUT2D eigenvalue weighted by Gasteiger charge is 2.30. The molecule has 0 heterocycles. The van der Waals surface area contributed by atoms with Crippen LogP contribution in [0.5, 0.6) is 0 Å². The molecule has 6 N–H and O–H groups in total. The van der Waals surface area contributed by atoms with Crippen LogP contribution in [-0.2, 0) is 9.59 Å². The van der Waals surface area contributed by atoms with Crippen molar-refractivity contribution in [1.82, 2.24) is 5.32 Å². The molecule has 15 heavy (non-hydrogen) atoms. The van der Waals surface area contributed by atoms with Crippen molar-refractivity contribution in [2.75, 3.05) is 6.54 Å². The lowest BCUT2D eigenvalue weighted by Gasteiger charge is -2.26. The number of carbonyl (C=O) groups is 2. The van der Waals surface area contributed by atoms with Crippen LogP contribution in [0.25, 0.3) is 0 Å². The van der Waals surface area contributed by atoms with E-state index in [1.54, 1.807) is 0 Å². The van der Waals surface area contributed by atoms with Crippen LogP contribution in [-0.4, -0.2) is 58.4 Å². The molecule has 0 bridgehead atoms. The van der Waals surface area contributed by atoms with Crippen LogP contribution in [0.15, 0.2) is 0 Å². The Labute approximate surface area is 86.9 Å². The highest BCUT2D eigenvalue weighted by atomic mass is 16.4. The van der Waals surface area contributed by atoms with E-state index in [0.717, 1.165) is 6.92 Å². The molecule has 88 valence electrons. The minimum absolute atomic E-state index is 0.260. The number of rotatable bonds is 6. The summed E-state index contributed by atoms with van der Waals surface area (Å²) in [7, 11) is 0. The molecule has 0 fully saturated rings. The van der Waals surface area contributed by atoms with Crippen molar-refractivity contribution in [1.29, 1.82) is 0 Å². The quantitative estimate of drug-likeness (QED) is 0.298. The number of aliphatic hydroxyl groups excluding tert-OH is 3. The average molecular weight is 220 g/mol. The third kappa shape index (κ3) is 4.34. The number of nitrogens with one attached hydrogen (secondary N) is 1. The topological polar surface area (TPSA) is 133 Å². The van der Waals surface area contributed by atoms with E-state index >= 15 is 0 Å². The highest BCUT2D eigenvalue weighted by Crippen LogP contribution is 2.03. The molecule has 0 rings (SSSR count). The van der Waals surface area contributed by atoms with E-state index in [0.29, 0.717) is 0 Å². The second-order valence-corrected chi connectivity index (χ2v) is 3.15. The molecule has 0 spiro atoms. The maximum absolute atomic E-state index is 10.6. The number of hydrogen-bond acceptors (Lipinski definition) is 6. The standard InChI is InChI=1S/C8H16N2O5/c1-4(12)10-5(3-11)7(14)8(15)6(13)2-9/h3,5-8,13-15H,2,9H2,1H3,(H,10,12)/t5-,6+,7+,8+/m0/s1. The second kappa shape index (κ2) is 6.46. The van der Waals surface area contributed by atoms with Gasteiger partial charge in [0.2, 0.25) is 5.91 Å². The van der Waals surface area contributed by atoms with Crippen molar-refractivity contribution in [3.63, 3.8) is 0 Å². The van der Waals surface area contributed by atoms with Gasteiger partial charge in [0.15, 0.2) is 0 Å². The maximum atomic E-state index is 10.6. The van der Waals surface area contributed by atoms with Gasteiger partial charge in [0.25, 0.3) is 0 Å². The summed E-state index contributed by atoms with van der Waals surface area (Å²) in [5.74, 6) is -0.527. The molecule has 0 aromatic heterocycles. The van der Waals surface area contributed by atoms with E-state index in [1.165, 1.54) is 0 Å². The first kappa shape index (κ1) is 14.0. The van der Waals surface area contributed by atoms with Gasteiger partial charge in [0.1, 0.15) is 24.5 Å².